The van der Waals surface area contributed by atoms with Crippen molar-refractivity contribution in [3.05, 3.63) is 47.9 Å². The van der Waals surface area contributed by atoms with Gasteiger partial charge in [0.15, 0.2) is 0 Å². The van der Waals surface area contributed by atoms with E-state index in [4.69, 9.17) is 0 Å². The van der Waals surface area contributed by atoms with Crippen LogP contribution in [0.5, 0.6) is 0 Å². The van der Waals surface area contributed by atoms with E-state index in [0.717, 1.165) is 57.9 Å². The summed E-state index contributed by atoms with van der Waals surface area (Å²) < 4.78 is 0. The van der Waals surface area contributed by atoms with Crippen LogP contribution in [0.1, 0.15) is 24.0 Å². The van der Waals surface area contributed by atoms with Crippen LogP contribution in [0.2, 0.25) is 0 Å². The fourth-order valence-corrected chi connectivity index (χ4v) is 4.30. The zero-order valence-electron chi connectivity index (χ0n) is 16.8. The van der Waals surface area contributed by atoms with Crippen LogP contribution >= 0.6 is 0 Å². The number of nitrogens with zero attached hydrogens (tertiary/aromatic N) is 5. The fraction of sp³-hybridized carbons (Fsp3) is 0.500. The first-order valence-electron chi connectivity index (χ1n) is 10.2. The number of carbonyl (C=O) groups is 1. The highest BCUT2D eigenvalue weighted by atomic mass is 16.2. The lowest BCUT2D eigenvalue weighted by Gasteiger charge is -2.40. The Hall–Kier alpha value is -2.63. The Morgan fingerprint density at radius 1 is 0.964 bits per heavy atom. The number of anilines is 2. The number of benzene rings is 1. The van der Waals surface area contributed by atoms with Gasteiger partial charge in [-0.05, 0) is 43.9 Å². The summed E-state index contributed by atoms with van der Waals surface area (Å²) in [6.07, 6.45) is 7.01. The predicted molar refractivity (Wildman–Crippen MR) is 112 cm³/mol. The third-order valence-electron chi connectivity index (χ3n) is 6.01. The van der Waals surface area contributed by atoms with Crippen LogP contribution in [0, 0.1) is 19.8 Å². The van der Waals surface area contributed by atoms with Crippen LogP contribution in [0.3, 0.4) is 0 Å². The Bertz CT molecular complexity index is 809. The topological polar surface area (TPSA) is 52.6 Å². The van der Waals surface area contributed by atoms with Crippen LogP contribution in [0.15, 0.2) is 36.8 Å². The Morgan fingerprint density at radius 2 is 1.71 bits per heavy atom. The Kier molecular flexibility index (Phi) is 5.46. The molecule has 28 heavy (non-hydrogen) atoms. The lowest BCUT2D eigenvalue weighted by Crippen LogP contribution is -2.52. The summed E-state index contributed by atoms with van der Waals surface area (Å²) in [5, 5.41) is 0. The molecule has 0 unspecified atom stereocenters. The second kappa shape index (κ2) is 8.17. The van der Waals surface area contributed by atoms with Gasteiger partial charge in [0.25, 0.3) is 0 Å². The van der Waals surface area contributed by atoms with E-state index in [1.54, 1.807) is 18.6 Å². The van der Waals surface area contributed by atoms with E-state index in [2.05, 4.69) is 56.7 Å². The molecule has 0 saturated carbocycles. The number of piperidine rings is 1. The van der Waals surface area contributed by atoms with Gasteiger partial charge in [-0.3, -0.25) is 9.78 Å². The van der Waals surface area contributed by atoms with Crippen molar-refractivity contribution >= 4 is 17.4 Å². The van der Waals surface area contributed by atoms with Gasteiger partial charge >= 0.3 is 0 Å². The maximum atomic E-state index is 13.0. The van der Waals surface area contributed by atoms with Gasteiger partial charge in [0.1, 0.15) is 5.82 Å². The minimum atomic E-state index is 0.139. The largest absolute Gasteiger partial charge is 0.368 e. The molecule has 0 aliphatic carbocycles. The monoisotopic (exact) mass is 379 g/mol. The SMILES string of the molecule is Cc1ccc(C)c(N2CCN(C(=O)C3CCN(c4cnccn4)CC3)CC2)c1. The molecule has 6 heteroatoms. The molecular weight excluding hydrogens is 350 g/mol. The van der Waals surface area contributed by atoms with Crippen LogP contribution in [0.25, 0.3) is 0 Å². The molecule has 2 aromatic rings. The number of rotatable bonds is 3. The van der Waals surface area contributed by atoms with Gasteiger partial charge in [-0.15, -0.1) is 0 Å². The zero-order chi connectivity index (χ0) is 19.5. The standard InChI is InChI=1S/C22H29N5O/c1-17-3-4-18(2)20(15-17)25-11-13-27(14-12-25)22(28)19-5-9-26(10-6-19)21-16-23-7-8-24-21/h3-4,7-8,15-16,19H,5-6,9-14H2,1-2H3. The van der Waals surface area contributed by atoms with Crippen molar-refractivity contribution in [3.63, 3.8) is 0 Å². The van der Waals surface area contributed by atoms with Crippen LogP contribution in [-0.4, -0.2) is 60.0 Å². The maximum absolute atomic E-state index is 13.0. The molecule has 2 saturated heterocycles. The number of aromatic nitrogens is 2. The molecule has 0 N–H and O–H groups in total. The molecule has 1 aromatic heterocycles. The van der Waals surface area contributed by atoms with Crippen molar-refractivity contribution in [1.82, 2.24) is 14.9 Å². The van der Waals surface area contributed by atoms with E-state index in [0.29, 0.717) is 5.91 Å². The first kappa shape index (κ1) is 18.7. The van der Waals surface area contributed by atoms with E-state index in [-0.39, 0.29) is 5.92 Å². The molecule has 0 bridgehead atoms. The van der Waals surface area contributed by atoms with Gasteiger partial charge < -0.3 is 14.7 Å². The molecule has 1 amide bonds. The summed E-state index contributed by atoms with van der Waals surface area (Å²) in [6.45, 7) is 9.50. The zero-order valence-corrected chi connectivity index (χ0v) is 16.8. The molecule has 2 fully saturated rings. The lowest BCUT2D eigenvalue weighted by atomic mass is 9.95. The molecule has 1 aromatic carbocycles. The summed E-state index contributed by atoms with van der Waals surface area (Å²) in [7, 11) is 0. The summed E-state index contributed by atoms with van der Waals surface area (Å²) in [5.74, 6) is 1.38. The van der Waals surface area contributed by atoms with Crippen molar-refractivity contribution in [2.75, 3.05) is 49.1 Å². The second-order valence-corrected chi connectivity index (χ2v) is 7.93. The average Bonchev–Trinajstić information content (AvgIpc) is 2.76. The van der Waals surface area contributed by atoms with E-state index < -0.39 is 0 Å². The van der Waals surface area contributed by atoms with E-state index in [9.17, 15) is 4.79 Å². The molecule has 2 aliphatic rings. The fourth-order valence-electron chi connectivity index (χ4n) is 4.30. The van der Waals surface area contributed by atoms with Crippen molar-refractivity contribution in [1.29, 1.82) is 0 Å². The smallest absolute Gasteiger partial charge is 0.225 e. The molecule has 6 nitrogen and oxygen atoms in total. The van der Waals surface area contributed by atoms with Crippen LogP contribution in [-0.2, 0) is 4.79 Å². The third-order valence-corrected chi connectivity index (χ3v) is 6.01. The number of aryl methyl sites for hydroxylation is 2. The van der Waals surface area contributed by atoms with Gasteiger partial charge in [0, 0.05) is 63.3 Å². The predicted octanol–water partition coefficient (Wildman–Crippen LogP) is 2.66. The van der Waals surface area contributed by atoms with Gasteiger partial charge in [0.2, 0.25) is 5.91 Å². The van der Waals surface area contributed by atoms with Crippen molar-refractivity contribution in [2.24, 2.45) is 5.92 Å². The third kappa shape index (κ3) is 3.96. The number of piperazine rings is 1. The van der Waals surface area contributed by atoms with Crippen molar-refractivity contribution in [3.8, 4) is 0 Å². The van der Waals surface area contributed by atoms with E-state index in [1.165, 1.54) is 16.8 Å². The normalized spacial score (nSPS) is 18.4. The molecule has 148 valence electrons. The van der Waals surface area contributed by atoms with Crippen molar-refractivity contribution in [2.45, 2.75) is 26.7 Å². The molecule has 3 heterocycles. The van der Waals surface area contributed by atoms with Gasteiger partial charge in [0.05, 0.1) is 6.20 Å². The minimum Gasteiger partial charge on any atom is -0.368 e. The number of hydrogen-bond acceptors (Lipinski definition) is 5. The Morgan fingerprint density at radius 3 is 2.39 bits per heavy atom. The van der Waals surface area contributed by atoms with E-state index >= 15 is 0 Å². The first-order valence-corrected chi connectivity index (χ1v) is 10.2. The summed E-state index contributed by atoms with van der Waals surface area (Å²) >= 11 is 0. The summed E-state index contributed by atoms with van der Waals surface area (Å²) in [5.41, 5.74) is 3.90. The number of carbonyl (C=O) groups excluding carboxylic acids is 1. The number of hydrogen-bond donors (Lipinski definition) is 0. The van der Waals surface area contributed by atoms with E-state index in [1.807, 2.05) is 0 Å². The van der Waals surface area contributed by atoms with Gasteiger partial charge in [-0.25, -0.2) is 4.98 Å². The lowest BCUT2D eigenvalue weighted by molar-refractivity contribution is -0.136. The molecule has 2 aliphatic heterocycles. The molecular formula is C22H29N5O. The van der Waals surface area contributed by atoms with Crippen molar-refractivity contribution < 1.29 is 4.79 Å². The Labute approximate surface area is 167 Å². The van der Waals surface area contributed by atoms with Crippen LogP contribution in [0.4, 0.5) is 11.5 Å². The van der Waals surface area contributed by atoms with Crippen LogP contribution < -0.4 is 9.80 Å². The minimum absolute atomic E-state index is 0.139. The summed E-state index contributed by atoms with van der Waals surface area (Å²) in [6, 6.07) is 6.61. The quantitative estimate of drug-likeness (QED) is 0.821. The average molecular weight is 380 g/mol. The number of amides is 1. The second-order valence-electron chi connectivity index (χ2n) is 7.93. The highest BCUT2D eigenvalue weighted by Gasteiger charge is 2.31. The highest BCUT2D eigenvalue weighted by molar-refractivity contribution is 5.79. The molecule has 0 atom stereocenters. The first-order chi connectivity index (χ1) is 13.6. The van der Waals surface area contributed by atoms with Gasteiger partial charge in [-0.1, -0.05) is 12.1 Å². The summed E-state index contributed by atoms with van der Waals surface area (Å²) in [4.78, 5) is 28.3. The highest BCUT2D eigenvalue weighted by Crippen LogP contribution is 2.26. The Balaban J connectivity index is 1.30. The molecule has 4 rings (SSSR count). The van der Waals surface area contributed by atoms with Gasteiger partial charge in [-0.2, -0.15) is 0 Å². The molecule has 0 spiro atoms. The molecule has 0 radical (unpaired) electrons. The maximum Gasteiger partial charge on any atom is 0.225 e.